The Hall–Kier alpha value is -0.290. The number of amides is 1. The van der Waals surface area contributed by atoms with Crippen LogP contribution in [0.2, 0.25) is 5.02 Å². The molecule has 0 saturated carbocycles. The van der Waals surface area contributed by atoms with E-state index in [9.17, 15) is 4.79 Å². The molecular formula is C12H15ClINO. The third kappa shape index (κ3) is 4.29. The molecule has 88 valence electrons. The molecule has 1 aromatic rings. The molecule has 0 saturated heterocycles. The predicted octanol–water partition coefficient (Wildman–Crippen LogP) is 3.72. The molecule has 0 fully saturated rings. The molecular weight excluding hydrogens is 336 g/mol. The van der Waals surface area contributed by atoms with Crippen LogP contribution < -0.4 is 5.32 Å². The van der Waals surface area contributed by atoms with Gasteiger partial charge in [-0.2, -0.15) is 0 Å². The number of nitrogens with one attached hydrogen (secondary N) is 1. The lowest BCUT2D eigenvalue weighted by Gasteiger charge is -2.18. The fourth-order valence-corrected chi connectivity index (χ4v) is 1.60. The van der Waals surface area contributed by atoms with E-state index in [1.165, 1.54) is 0 Å². The van der Waals surface area contributed by atoms with E-state index in [2.05, 4.69) is 48.7 Å². The van der Waals surface area contributed by atoms with E-state index >= 15 is 0 Å². The van der Waals surface area contributed by atoms with Crippen molar-refractivity contribution in [1.82, 2.24) is 5.32 Å². The van der Waals surface area contributed by atoms with Crippen LogP contribution in [0.5, 0.6) is 0 Å². The highest BCUT2D eigenvalue weighted by Gasteiger charge is 2.13. The van der Waals surface area contributed by atoms with Gasteiger partial charge in [0.25, 0.3) is 5.91 Å². The summed E-state index contributed by atoms with van der Waals surface area (Å²) < 4.78 is 0.951. The molecule has 0 aromatic heterocycles. The van der Waals surface area contributed by atoms with Crippen molar-refractivity contribution in [2.24, 2.45) is 5.41 Å². The average molecular weight is 352 g/mol. The van der Waals surface area contributed by atoms with E-state index in [0.29, 0.717) is 17.1 Å². The van der Waals surface area contributed by atoms with Crippen LogP contribution in [0.4, 0.5) is 0 Å². The fraction of sp³-hybridized carbons (Fsp3) is 0.417. The van der Waals surface area contributed by atoms with Gasteiger partial charge in [0.1, 0.15) is 0 Å². The summed E-state index contributed by atoms with van der Waals surface area (Å²) in [6.45, 7) is 6.88. The monoisotopic (exact) mass is 351 g/mol. The van der Waals surface area contributed by atoms with Gasteiger partial charge in [-0.05, 0) is 46.2 Å². The van der Waals surface area contributed by atoms with E-state index in [0.717, 1.165) is 3.57 Å². The summed E-state index contributed by atoms with van der Waals surface area (Å²) in [7, 11) is 0. The van der Waals surface area contributed by atoms with Crippen molar-refractivity contribution in [3.8, 4) is 0 Å². The van der Waals surface area contributed by atoms with Gasteiger partial charge in [-0.25, -0.2) is 0 Å². The van der Waals surface area contributed by atoms with Gasteiger partial charge in [-0.15, -0.1) is 0 Å². The number of halogens is 2. The molecule has 0 aliphatic heterocycles. The Balaban J connectivity index is 2.70. The van der Waals surface area contributed by atoms with Crippen LogP contribution in [0.3, 0.4) is 0 Å². The van der Waals surface area contributed by atoms with Crippen molar-refractivity contribution in [2.45, 2.75) is 20.8 Å². The summed E-state index contributed by atoms with van der Waals surface area (Å²) in [5.41, 5.74) is 0.692. The predicted molar refractivity (Wildman–Crippen MR) is 76.0 cm³/mol. The summed E-state index contributed by atoms with van der Waals surface area (Å²) in [5, 5.41) is 3.50. The second kappa shape index (κ2) is 5.36. The fourth-order valence-electron chi connectivity index (χ4n) is 1.08. The molecule has 0 spiro atoms. The number of hydrogen-bond donors (Lipinski definition) is 1. The van der Waals surface area contributed by atoms with Crippen molar-refractivity contribution in [3.05, 3.63) is 32.4 Å². The molecule has 16 heavy (non-hydrogen) atoms. The maximum atomic E-state index is 11.8. The summed E-state index contributed by atoms with van der Waals surface area (Å²) in [5.74, 6) is -0.0757. The minimum absolute atomic E-state index is 0.0757. The average Bonchev–Trinajstić information content (AvgIpc) is 2.17. The largest absolute Gasteiger partial charge is 0.352 e. The Morgan fingerprint density at radius 2 is 2.06 bits per heavy atom. The summed E-state index contributed by atoms with van der Waals surface area (Å²) in [4.78, 5) is 11.8. The Kier molecular flexibility index (Phi) is 4.62. The minimum atomic E-state index is -0.0757. The van der Waals surface area contributed by atoms with Crippen molar-refractivity contribution in [2.75, 3.05) is 6.54 Å². The van der Waals surface area contributed by atoms with Crippen molar-refractivity contribution >= 4 is 40.1 Å². The minimum Gasteiger partial charge on any atom is -0.352 e. The first-order valence-electron chi connectivity index (χ1n) is 5.03. The van der Waals surface area contributed by atoms with Crippen LogP contribution >= 0.6 is 34.2 Å². The molecule has 0 aliphatic rings. The molecule has 2 nitrogen and oxygen atoms in total. The highest BCUT2D eigenvalue weighted by Crippen LogP contribution is 2.19. The standard InChI is InChI=1S/C12H15ClINO/c1-12(2,3)7-15-11(16)8-4-5-10(14)9(13)6-8/h4-6H,7H2,1-3H3,(H,15,16). The van der Waals surface area contributed by atoms with Gasteiger partial charge in [0.05, 0.1) is 5.02 Å². The maximum absolute atomic E-state index is 11.8. The summed E-state index contributed by atoms with van der Waals surface area (Å²) in [6, 6.07) is 5.32. The molecule has 1 rings (SSSR count). The number of carbonyl (C=O) groups is 1. The second-order valence-corrected chi connectivity index (χ2v) is 6.44. The van der Waals surface area contributed by atoms with E-state index in [1.54, 1.807) is 12.1 Å². The molecule has 0 aliphatic carbocycles. The number of benzene rings is 1. The topological polar surface area (TPSA) is 29.1 Å². The summed E-state index contributed by atoms with van der Waals surface area (Å²) >= 11 is 8.10. The normalized spacial score (nSPS) is 11.3. The Labute approximate surface area is 115 Å². The van der Waals surface area contributed by atoms with E-state index in [1.807, 2.05) is 6.07 Å². The third-order valence-corrected chi connectivity index (χ3v) is 3.53. The lowest BCUT2D eigenvalue weighted by Crippen LogP contribution is -2.32. The van der Waals surface area contributed by atoms with Crippen molar-refractivity contribution in [3.63, 3.8) is 0 Å². The molecule has 4 heteroatoms. The number of rotatable bonds is 2. The molecule has 1 N–H and O–H groups in total. The molecule has 1 amide bonds. The first kappa shape index (κ1) is 13.8. The van der Waals surface area contributed by atoms with Gasteiger partial charge < -0.3 is 5.32 Å². The van der Waals surface area contributed by atoms with E-state index < -0.39 is 0 Å². The zero-order chi connectivity index (χ0) is 12.3. The summed E-state index contributed by atoms with van der Waals surface area (Å²) in [6.07, 6.45) is 0. The van der Waals surface area contributed by atoms with Crippen LogP contribution in [-0.4, -0.2) is 12.5 Å². The maximum Gasteiger partial charge on any atom is 0.251 e. The zero-order valence-electron chi connectivity index (χ0n) is 9.60. The zero-order valence-corrected chi connectivity index (χ0v) is 12.5. The SMILES string of the molecule is CC(C)(C)CNC(=O)c1ccc(I)c(Cl)c1. The quantitative estimate of drug-likeness (QED) is 0.808. The van der Waals surface area contributed by atoms with E-state index in [4.69, 9.17) is 11.6 Å². The van der Waals surface area contributed by atoms with Crippen molar-refractivity contribution in [1.29, 1.82) is 0 Å². The first-order chi connectivity index (χ1) is 7.29. The molecule has 0 bridgehead atoms. The number of hydrogen-bond acceptors (Lipinski definition) is 1. The van der Waals surface area contributed by atoms with Crippen LogP contribution in [0.1, 0.15) is 31.1 Å². The highest BCUT2D eigenvalue weighted by atomic mass is 127. The second-order valence-electron chi connectivity index (χ2n) is 4.87. The lowest BCUT2D eigenvalue weighted by atomic mass is 9.97. The molecule has 0 radical (unpaired) electrons. The van der Waals surface area contributed by atoms with E-state index in [-0.39, 0.29) is 11.3 Å². The van der Waals surface area contributed by atoms with Crippen LogP contribution in [0.25, 0.3) is 0 Å². The van der Waals surface area contributed by atoms with Crippen molar-refractivity contribution < 1.29 is 4.79 Å². The lowest BCUT2D eigenvalue weighted by molar-refractivity contribution is 0.0939. The molecule has 0 unspecified atom stereocenters. The van der Waals surface area contributed by atoms with Gasteiger partial charge in [-0.1, -0.05) is 32.4 Å². The highest BCUT2D eigenvalue weighted by molar-refractivity contribution is 14.1. The molecule has 1 aromatic carbocycles. The molecule has 0 heterocycles. The van der Waals surface area contributed by atoms with Gasteiger partial charge in [0, 0.05) is 15.7 Å². The Morgan fingerprint density at radius 1 is 1.44 bits per heavy atom. The van der Waals surface area contributed by atoms with Crippen LogP contribution in [0, 0.1) is 8.99 Å². The van der Waals surface area contributed by atoms with Gasteiger partial charge in [0.2, 0.25) is 0 Å². The van der Waals surface area contributed by atoms with Gasteiger partial charge in [0.15, 0.2) is 0 Å². The molecule has 0 atom stereocenters. The van der Waals surface area contributed by atoms with Gasteiger partial charge >= 0.3 is 0 Å². The van der Waals surface area contributed by atoms with Crippen LogP contribution in [0.15, 0.2) is 18.2 Å². The smallest absolute Gasteiger partial charge is 0.251 e. The number of carbonyl (C=O) groups excluding carboxylic acids is 1. The Bertz CT molecular complexity index is 398. The third-order valence-electron chi connectivity index (χ3n) is 1.96. The van der Waals surface area contributed by atoms with Gasteiger partial charge in [-0.3, -0.25) is 4.79 Å². The first-order valence-corrected chi connectivity index (χ1v) is 6.48. The Morgan fingerprint density at radius 3 is 2.56 bits per heavy atom. The van der Waals surface area contributed by atoms with Crippen LogP contribution in [-0.2, 0) is 0 Å².